The number of aryl methyl sites for hydroxylation is 4. The molecule has 8 aromatic rings. The van der Waals surface area contributed by atoms with E-state index in [2.05, 4.69) is 106 Å². The average Bonchev–Trinajstić information content (AvgIpc) is 4.08. The van der Waals surface area contributed by atoms with E-state index in [-0.39, 0.29) is 41.7 Å². The van der Waals surface area contributed by atoms with Gasteiger partial charge in [0, 0.05) is 34.2 Å². The third kappa shape index (κ3) is 13.0. The van der Waals surface area contributed by atoms with Crippen molar-refractivity contribution in [2.75, 3.05) is 27.4 Å². The zero-order valence-electron chi connectivity index (χ0n) is 49.0. The molecule has 6 aromatic carbocycles. The molecule has 2 amide bonds. The number of carbonyl (C=O) groups is 2. The fraction of sp³-hybridized carbons (Fsp3) is 0.358. The van der Waals surface area contributed by atoms with E-state index >= 15 is 0 Å². The summed E-state index contributed by atoms with van der Waals surface area (Å²) in [6.07, 6.45) is 8.27. The molecule has 428 valence electrons. The number of amides is 2. The van der Waals surface area contributed by atoms with Gasteiger partial charge < -0.3 is 49.1 Å². The molecule has 0 saturated carbocycles. The highest BCUT2D eigenvalue weighted by Gasteiger charge is 2.38. The molecule has 2 aromatic heterocycles. The van der Waals surface area contributed by atoms with E-state index in [4.69, 9.17) is 29.9 Å². The number of carbonyl (C=O) groups excluding carboxylic acids is 2. The van der Waals surface area contributed by atoms with Crippen LogP contribution in [0.2, 0.25) is 18.1 Å². The standard InChI is InChI=1S/C36H45BrN2O4Si.C31H31N3O4/c1-22(2)43-33-16-23-13-14-24-17-34(41-6)31(37)19-29(24)28(23)18-30(33)35(40)39-26(21-42-44(7,8)36(3,4)5)15-25-20-38-32-12-10-9-11-27(25)32;1-18(2)38-29-12-19-9-10-20-13-30(37-4)28(32-3)15-25(20)24(19)14-26(29)31(36)34-22(17-35)11-21-16-33-27-8-6-5-7-23(21)27/h9-12,16-20,22,26,38H,13-15,21H2,1-8H3,(H,39,40);5-8,12-16,18,22,33,35H,9-11,17H2,1-2,4H3,(H,34,36)/t26-;22-/m11/s1. The van der Waals surface area contributed by atoms with Crippen LogP contribution in [0.15, 0.2) is 114 Å². The maximum absolute atomic E-state index is 14.3. The molecule has 0 spiro atoms. The van der Waals surface area contributed by atoms with Crippen molar-refractivity contribution >= 4 is 63.6 Å². The van der Waals surface area contributed by atoms with Crippen LogP contribution in [0.4, 0.5) is 5.69 Å². The second kappa shape index (κ2) is 25.0. The van der Waals surface area contributed by atoms with Gasteiger partial charge in [-0.25, -0.2) is 4.85 Å². The van der Waals surface area contributed by atoms with Crippen LogP contribution in [-0.4, -0.2) is 86.9 Å². The lowest BCUT2D eigenvalue weighted by Crippen LogP contribution is -2.47. The molecule has 0 radical (unpaired) electrons. The second-order valence-corrected chi connectivity index (χ2v) is 29.2. The van der Waals surface area contributed by atoms with Gasteiger partial charge in [0.25, 0.3) is 11.8 Å². The number of methoxy groups -OCH3 is 2. The van der Waals surface area contributed by atoms with Crippen LogP contribution in [0.1, 0.15) is 103 Å². The van der Waals surface area contributed by atoms with E-state index in [1.807, 2.05) is 107 Å². The summed E-state index contributed by atoms with van der Waals surface area (Å²) in [5.41, 5.74) is 14.2. The molecule has 0 aliphatic heterocycles. The zero-order valence-corrected chi connectivity index (χ0v) is 51.6. The number of aliphatic hydroxyl groups is 1. The topological polar surface area (TPSA) is 161 Å². The van der Waals surface area contributed by atoms with E-state index in [0.29, 0.717) is 53.5 Å². The molecule has 2 aliphatic rings. The number of ether oxygens (including phenoxy) is 4. The van der Waals surface area contributed by atoms with Gasteiger partial charge in [-0.3, -0.25) is 9.59 Å². The highest BCUT2D eigenvalue weighted by Crippen LogP contribution is 2.45. The van der Waals surface area contributed by atoms with Crippen LogP contribution < -0.4 is 29.6 Å². The number of rotatable bonds is 18. The summed E-state index contributed by atoms with van der Waals surface area (Å²) in [5, 5.41) is 18.8. The van der Waals surface area contributed by atoms with Gasteiger partial charge in [-0.15, -0.1) is 0 Å². The van der Waals surface area contributed by atoms with Crippen molar-refractivity contribution < 1.29 is 38.1 Å². The normalized spacial score (nSPS) is 13.4. The number of para-hydroxylation sites is 2. The Kier molecular flexibility index (Phi) is 18.1. The summed E-state index contributed by atoms with van der Waals surface area (Å²) in [5.74, 6) is 2.03. The summed E-state index contributed by atoms with van der Waals surface area (Å²) in [6, 6.07) is 31.4. The minimum atomic E-state index is -2.06. The first-order valence-electron chi connectivity index (χ1n) is 28.3. The summed E-state index contributed by atoms with van der Waals surface area (Å²) in [7, 11) is 1.20. The lowest BCUT2D eigenvalue weighted by molar-refractivity contribution is 0.0903. The highest BCUT2D eigenvalue weighted by molar-refractivity contribution is 9.10. The third-order valence-corrected chi connectivity index (χ3v) is 21.2. The van der Waals surface area contributed by atoms with Gasteiger partial charge >= 0.3 is 0 Å². The molecule has 2 heterocycles. The third-order valence-electron chi connectivity index (χ3n) is 16.1. The monoisotopic (exact) mass is 1190 g/mol. The molecule has 2 atom stereocenters. The van der Waals surface area contributed by atoms with E-state index in [0.717, 1.165) is 102 Å². The first kappa shape index (κ1) is 59.3. The highest BCUT2D eigenvalue weighted by atomic mass is 79.9. The minimum absolute atomic E-state index is 0.0590. The Morgan fingerprint density at radius 3 is 1.52 bits per heavy atom. The predicted molar refractivity (Wildman–Crippen MR) is 334 cm³/mol. The molecule has 0 bridgehead atoms. The van der Waals surface area contributed by atoms with Gasteiger partial charge in [-0.05, 0) is 217 Å². The first-order valence-corrected chi connectivity index (χ1v) is 32.0. The number of hydrogen-bond acceptors (Lipinski definition) is 8. The van der Waals surface area contributed by atoms with E-state index in [9.17, 15) is 14.7 Å². The van der Waals surface area contributed by atoms with E-state index in [1.165, 1.54) is 11.1 Å². The number of fused-ring (bicyclic) bond motifs is 8. The SMILES string of the molecule is COc1cc2c(cc1Br)-c1cc(C(=O)N[C@@H](CO[Si](C)(C)C(C)(C)C)Cc3c[nH]c4ccccc34)c(OC(C)C)cc1CC2.[C-]#[N+]c1cc2c(cc1OC)CCc1cc(OC(C)C)c(C(=O)N[C@@H](CO)Cc3c[nH]c4ccccc34)cc1-2. The zero-order chi connectivity index (χ0) is 58.6. The number of aromatic amines is 2. The maximum Gasteiger partial charge on any atom is 0.255 e. The van der Waals surface area contributed by atoms with Gasteiger partial charge in [-0.1, -0.05) is 57.2 Å². The van der Waals surface area contributed by atoms with Gasteiger partial charge in [0.2, 0.25) is 5.69 Å². The van der Waals surface area contributed by atoms with Crippen molar-refractivity contribution in [2.45, 2.75) is 129 Å². The number of nitrogens with zero attached hydrogens (tertiary/aromatic N) is 1. The largest absolute Gasteiger partial charge is 0.508 e. The Morgan fingerprint density at radius 2 is 1.07 bits per heavy atom. The predicted octanol–water partition coefficient (Wildman–Crippen LogP) is 14.5. The molecule has 82 heavy (non-hydrogen) atoms. The van der Waals surface area contributed by atoms with Gasteiger partial charge in [0.15, 0.2) is 8.32 Å². The van der Waals surface area contributed by atoms with Crippen LogP contribution >= 0.6 is 15.9 Å². The molecule has 2 aliphatic carbocycles. The maximum atomic E-state index is 14.3. The molecule has 13 nitrogen and oxygen atoms in total. The van der Waals surface area contributed by atoms with Gasteiger partial charge in [0.1, 0.15) is 23.0 Å². The van der Waals surface area contributed by atoms with Crippen molar-refractivity contribution in [1.82, 2.24) is 20.6 Å². The van der Waals surface area contributed by atoms with Crippen molar-refractivity contribution in [3.8, 4) is 45.3 Å². The minimum Gasteiger partial charge on any atom is -0.508 e. The van der Waals surface area contributed by atoms with Gasteiger partial charge in [0.05, 0.1) is 73.9 Å². The number of nitrogens with one attached hydrogen (secondary N) is 4. The number of H-pyrrole nitrogens is 2. The molecule has 0 fully saturated rings. The molecular formula is C67H76BrN5O8Si. The second-order valence-electron chi connectivity index (χ2n) is 23.5. The van der Waals surface area contributed by atoms with E-state index < -0.39 is 14.4 Å². The molecule has 0 saturated heterocycles. The molecule has 15 heteroatoms. The Bertz CT molecular complexity index is 3700. The van der Waals surface area contributed by atoms with Crippen LogP contribution in [0.5, 0.6) is 23.0 Å². The summed E-state index contributed by atoms with van der Waals surface area (Å²) in [6.45, 7) is 26.9. The van der Waals surface area contributed by atoms with Crippen LogP contribution in [-0.2, 0) is 43.0 Å². The molecule has 0 unspecified atom stereocenters. The van der Waals surface area contributed by atoms with Crippen molar-refractivity contribution in [3.05, 3.63) is 170 Å². The average molecular weight is 1190 g/mol. The Morgan fingerprint density at radius 1 is 0.646 bits per heavy atom. The van der Waals surface area contributed by atoms with Crippen LogP contribution in [0.25, 0.3) is 48.9 Å². The Labute approximate surface area is 491 Å². The number of aromatic nitrogens is 2. The quantitative estimate of drug-likeness (QED) is 0.0419. The Balaban J connectivity index is 0.000000200. The fourth-order valence-corrected chi connectivity index (χ4v) is 12.3. The number of aliphatic hydroxyl groups excluding tert-OH is 1. The fourth-order valence-electron chi connectivity index (χ4n) is 10.8. The first-order chi connectivity index (χ1) is 39.2. The summed E-state index contributed by atoms with van der Waals surface area (Å²) in [4.78, 5) is 38.2. The lowest BCUT2D eigenvalue weighted by atomic mass is 9.84. The van der Waals surface area contributed by atoms with Crippen LogP contribution in [0.3, 0.4) is 0 Å². The van der Waals surface area contributed by atoms with Crippen LogP contribution in [0, 0.1) is 6.57 Å². The van der Waals surface area contributed by atoms with Crippen molar-refractivity contribution in [2.24, 2.45) is 0 Å². The Hall–Kier alpha value is -7.35. The summed E-state index contributed by atoms with van der Waals surface area (Å²) >= 11 is 3.66. The number of halogens is 1. The van der Waals surface area contributed by atoms with Crippen molar-refractivity contribution in [1.29, 1.82) is 0 Å². The molecular weight excluding hydrogens is 1110 g/mol. The van der Waals surface area contributed by atoms with Gasteiger partial charge in [-0.2, -0.15) is 0 Å². The summed E-state index contributed by atoms with van der Waals surface area (Å²) < 4.78 is 30.9. The molecule has 5 N–H and O–H groups in total. The molecule has 10 rings (SSSR count). The smallest absolute Gasteiger partial charge is 0.255 e. The van der Waals surface area contributed by atoms with E-state index in [1.54, 1.807) is 14.2 Å². The lowest BCUT2D eigenvalue weighted by Gasteiger charge is -2.37. The number of hydrogen-bond donors (Lipinski definition) is 5. The number of benzene rings is 6. The van der Waals surface area contributed by atoms with Crippen molar-refractivity contribution in [3.63, 3.8) is 0 Å².